The number of hydrogen-bond donors (Lipinski definition) is 0. The van der Waals surface area contributed by atoms with Gasteiger partial charge in [0, 0.05) is 26.1 Å². The molecule has 0 aromatic heterocycles. The number of amides is 2. The molecule has 2 amide bonds. The number of rotatable bonds is 2. The minimum absolute atomic E-state index is 0.151. The van der Waals surface area contributed by atoms with E-state index in [0.29, 0.717) is 24.3 Å². The number of hydrogen-bond acceptors (Lipinski definition) is 2. The van der Waals surface area contributed by atoms with Crippen molar-refractivity contribution in [3.63, 3.8) is 0 Å². The fraction of sp³-hybridized carbons (Fsp3) is 0.857. The lowest BCUT2D eigenvalue weighted by atomic mass is 10.1. The second kappa shape index (κ2) is 3.97. The van der Waals surface area contributed by atoms with Gasteiger partial charge in [-0.25, -0.2) is 0 Å². The van der Waals surface area contributed by atoms with Gasteiger partial charge in [0.2, 0.25) is 11.8 Å². The van der Waals surface area contributed by atoms with E-state index in [0.717, 1.165) is 25.9 Å². The second-order valence-electron chi connectivity index (χ2n) is 6.67. The molecule has 1 aliphatic carbocycles. The quantitative estimate of drug-likeness (QED) is 0.740. The summed E-state index contributed by atoms with van der Waals surface area (Å²) in [4.78, 5) is 28.2. The second-order valence-corrected chi connectivity index (χ2v) is 6.67. The lowest BCUT2D eigenvalue weighted by Gasteiger charge is -2.25. The van der Waals surface area contributed by atoms with E-state index in [2.05, 4.69) is 13.8 Å². The zero-order valence-corrected chi connectivity index (χ0v) is 11.3. The zero-order valence-electron chi connectivity index (χ0n) is 11.3. The molecule has 4 heteroatoms. The van der Waals surface area contributed by atoms with E-state index in [1.807, 2.05) is 4.90 Å². The number of fused-ring (bicyclic) bond motifs is 1. The predicted molar refractivity (Wildman–Crippen MR) is 67.8 cm³/mol. The minimum atomic E-state index is -0.151. The SMILES string of the molecule is CC1(C)CC1CN1CCC(=O)N2CCCC2C1=O. The van der Waals surface area contributed by atoms with Gasteiger partial charge < -0.3 is 9.80 Å². The summed E-state index contributed by atoms with van der Waals surface area (Å²) in [5.41, 5.74) is 0.395. The van der Waals surface area contributed by atoms with Gasteiger partial charge in [-0.15, -0.1) is 0 Å². The normalized spacial score (nSPS) is 34.6. The van der Waals surface area contributed by atoms with E-state index >= 15 is 0 Å². The number of carbonyl (C=O) groups excluding carboxylic acids is 2. The maximum Gasteiger partial charge on any atom is 0.245 e. The number of nitrogens with zero attached hydrogens (tertiary/aromatic N) is 2. The van der Waals surface area contributed by atoms with Gasteiger partial charge in [0.15, 0.2) is 0 Å². The third-order valence-corrected chi connectivity index (χ3v) is 4.92. The molecule has 3 rings (SSSR count). The van der Waals surface area contributed by atoms with Crippen LogP contribution in [0.5, 0.6) is 0 Å². The van der Waals surface area contributed by atoms with E-state index < -0.39 is 0 Å². The van der Waals surface area contributed by atoms with Crippen molar-refractivity contribution >= 4 is 11.8 Å². The molecule has 0 radical (unpaired) electrons. The van der Waals surface area contributed by atoms with Gasteiger partial charge in [0.05, 0.1) is 0 Å². The van der Waals surface area contributed by atoms with E-state index in [4.69, 9.17) is 0 Å². The maximum atomic E-state index is 12.5. The molecule has 0 N–H and O–H groups in total. The highest BCUT2D eigenvalue weighted by Crippen LogP contribution is 2.52. The third kappa shape index (κ3) is 1.91. The van der Waals surface area contributed by atoms with Crippen LogP contribution in [-0.4, -0.2) is 47.3 Å². The molecule has 100 valence electrons. The van der Waals surface area contributed by atoms with E-state index in [1.165, 1.54) is 6.42 Å². The van der Waals surface area contributed by atoms with Crippen LogP contribution in [0.1, 0.15) is 39.5 Å². The summed E-state index contributed by atoms with van der Waals surface area (Å²) in [6.07, 6.45) is 3.55. The molecule has 2 saturated heterocycles. The molecule has 3 fully saturated rings. The van der Waals surface area contributed by atoms with E-state index in [-0.39, 0.29) is 17.9 Å². The van der Waals surface area contributed by atoms with Crippen LogP contribution < -0.4 is 0 Å². The van der Waals surface area contributed by atoms with Crippen LogP contribution >= 0.6 is 0 Å². The molecule has 18 heavy (non-hydrogen) atoms. The third-order valence-electron chi connectivity index (χ3n) is 4.92. The lowest BCUT2D eigenvalue weighted by Crippen LogP contribution is -2.44. The fourth-order valence-corrected chi connectivity index (χ4v) is 3.35. The van der Waals surface area contributed by atoms with Crippen molar-refractivity contribution in [3.8, 4) is 0 Å². The van der Waals surface area contributed by atoms with Crippen molar-refractivity contribution in [2.45, 2.75) is 45.6 Å². The summed E-state index contributed by atoms with van der Waals surface area (Å²) < 4.78 is 0. The summed E-state index contributed by atoms with van der Waals surface area (Å²) >= 11 is 0. The summed E-state index contributed by atoms with van der Waals surface area (Å²) in [5, 5.41) is 0. The minimum Gasteiger partial charge on any atom is -0.340 e. The summed E-state index contributed by atoms with van der Waals surface area (Å²) in [6, 6.07) is -0.151. The molecule has 0 aromatic rings. The Bertz CT molecular complexity index is 391. The zero-order chi connectivity index (χ0) is 12.9. The van der Waals surface area contributed by atoms with Gasteiger partial charge in [-0.3, -0.25) is 9.59 Å². The molecule has 4 nitrogen and oxygen atoms in total. The molecule has 2 aliphatic heterocycles. The van der Waals surface area contributed by atoms with Crippen LogP contribution in [0.2, 0.25) is 0 Å². The maximum absolute atomic E-state index is 12.5. The number of carbonyl (C=O) groups is 2. The monoisotopic (exact) mass is 250 g/mol. The smallest absolute Gasteiger partial charge is 0.245 e. The Morgan fingerprint density at radius 3 is 2.67 bits per heavy atom. The molecule has 0 spiro atoms. The van der Waals surface area contributed by atoms with Crippen molar-refractivity contribution in [2.75, 3.05) is 19.6 Å². The highest BCUT2D eigenvalue weighted by molar-refractivity contribution is 5.90. The van der Waals surface area contributed by atoms with Crippen molar-refractivity contribution in [3.05, 3.63) is 0 Å². The molecule has 1 saturated carbocycles. The van der Waals surface area contributed by atoms with Crippen LogP contribution in [0.25, 0.3) is 0 Å². The van der Waals surface area contributed by atoms with E-state index in [1.54, 1.807) is 4.90 Å². The standard InChI is InChI=1S/C14H22N2O2/c1-14(2)8-10(14)9-15-7-5-12(17)16-6-3-4-11(16)13(15)18/h10-11H,3-9H2,1-2H3. The Morgan fingerprint density at radius 1 is 1.28 bits per heavy atom. The van der Waals surface area contributed by atoms with Crippen LogP contribution in [0.4, 0.5) is 0 Å². The molecule has 0 bridgehead atoms. The first-order valence-corrected chi connectivity index (χ1v) is 7.07. The Labute approximate surface area is 108 Å². The first kappa shape index (κ1) is 12.0. The van der Waals surface area contributed by atoms with Crippen molar-refractivity contribution in [1.29, 1.82) is 0 Å². The molecule has 2 heterocycles. The molecule has 2 atom stereocenters. The van der Waals surface area contributed by atoms with Crippen LogP contribution in [0.15, 0.2) is 0 Å². The summed E-state index contributed by atoms with van der Waals surface area (Å²) in [6.45, 7) is 6.76. The van der Waals surface area contributed by atoms with E-state index in [9.17, 15) is 9.59 Å². The molecule has 0 aromatic carbocycles. The molecular formula is C14H22N2O2. The van der Waals surface area contributed by atoms with Crippen molar-refractivity contribution in [1.82, 2.24) is 9.80 Å². The first-order chi connectivity index (χ1) is 8.49. The summed E-state index contributed by atoms with van der Waals surface area (Å²) in [5.74, 6) is 0.994. The topological polar surface area (TPSA) is 40.6 Å². The van der Waals surface area contributed by atoms with Crippen molar-refractivity contribution < 1.29 is 9.59 Å². The fourth-order valence-electron chi connectivity index (χ4n) is 3.35. The van der Waals surface area contributed by atoms with Gasteiger partial charge >= 0.3 is 0 Å². The van der Waals surface area contributed by atoms with Gasteiger partial charge in [-0.2, -0.15) is 0 Å². The van der Waals surface area contributed by atoms with Gasteiger partial charge in [-0.05, 0) is 30.6 Å². The van der Waals surface area contributed by atoms with Crippen LogP contribution in [-0.2, 0) is 9.59 Å². The summed E-state index contributed by atoms with van der Waals surface area (Å²) in [7, 11) is 0. The van der Waals surface area contributed by atoms with Crippen LogP contribution in [0.3, 0.4) is 0 Å². The van der Waals surface area contributed by atoms with Gasteiger partial charge in [0.1, 0.15) is 6.04 Å². The van der Waals surface area contributed by atoms with Gasteiger partial charge in [0.25, 0.3) is 0 Å². The van der Waals surface area contributed by atoms with Crippen LogP contribution in [0, 0.1) is 11.3 Å². The molecular weight excluding hydrogens is 228 g/mol. The largest absolute Gasteiger partial charge is 0.340 e. The highest BCUT2D eigenvalue weighted by Gasteiger charge is 2.48. The Balaban J connectivity index is 1.71. The Hall–Kier alpha value is -1.06. The van der Waals surface area contributed by atoms with Crippen molar-refractivity contribution in [2.24, 2.45) is 11.3 Å². The molecule has 2 unspecified atom stereocenters. The first-order valence-electron chi connectivity index (χ1n) is 7.07. The average Bonchev–Trinajstić information content (AvgIpc) is 2.79. The molecule has 3 aliphatic rings. The Morgan fingerprint density at radius 2 is 2.00 bits per heavy atom. The average molecular weight is 250 g/mol. The van der Waals surface area contributed by atoms with Gasteiger partial charge in [-0.1, -0.05) is 13.8 Å². The predicted octanol–water partition coefficient (Wildman–Crippen LogP) is 1.26. The highest BCUT2D eigenvalue weighted by atomic mass is 16.2. The Kier molecular flexibility index (Phi) is 2.65. The lowest BCUT2D eigenvalue weighted by molar-refractivity contribution is -0.139.